The Hall–Kier alpha value is -2.04. The van der Waals surface area contributed by atoms with Crippen LogP contribution >= 0.6 is 11.6 Å². The van der Waals surface area contributed by atoms with Crippen LogP contribution in [0.4, 0.5) is 0 Å². The van der Waals surface area contributed by atoms with Crippen molar-refractivity contribution < 1.29 is 5.21 Å². The zero-order valence-electron chi connectivity index (χ0n) is 11.8. The van der Waals surface area contributed by atoms with Crippen LogP contribution < -0.4 is 11.1 Å². The number of benzene rings is 2. The Kier molecular flexibility index (Phi) is 5.20. The van der Waals surface area contributed by atoms with Crippen LogP contribution in [0, 0.1) is 0 Å². The SMILES string of the molecule is CC(NCc1ccc(/C(N)=N/O)cc1Cl)c1ccccc1. The van der Waals surface area contributed by atoms with Gasteiger partial charge in [0, 0.05) is 23.2 Å². The van der Waals surface area contributed by atoms with Gasteiger partial charge in [0.15, 0.2) is 5.84 Å². The summed E-state index contributed by atoms with van der Waals surface area (Å²) in [6.45, 7) is 2.75. The van der Waals surface area contributed by atoms with Crippen LogP contribution in [0.5, 0.6) is 0 Å². The average molecular weight is 304 g/mol. The molecule has 0 heterocycles. The van der Waals surface area contributed by atoms with Crippen LogP contribution in [0.2, 0.25) is 5.02 Å². The van der Waals surface area contributed by atoms with Gasteiger partial charge in [-0.05, 0) is 24.1 Å². The number of hydrogen-bond donors (Lipinski definition) is 3. The number of hydrogen-bond acceptors (Lipinski definition) is 3. The lowest BCUT2D eigenvalue weighted by molar-refractivity contribution is 0.318. The molecule has 0 fully saturated rings. The second kappa shape index (κ2) is 7.11. The first-order chi connectivity index (χ1) is 10.1. The largest absolute Gasteiger partial charge is 0.409 e. The summed E-state index contributed by atoms with van der Waals surface area (Å²) in [6, 6.07) is 15.8. The van der Waals surface area contributed by atoms with Gasteiger partial charge in [-0.1, -0.05) is 59.2 Å². The third-order valence-corrected chi connectivity index (χ3v) is 3.71. The van der Waals surface area contributed by atoms with Crippen molar-refractivity contribution in [3.8, 4) is 0 Å². The number of rotatable bonds is 5. The van der Waals surface area contributed by atoms with E-state index in [9.17, 15) is 0 Å². The molecule has 0 aliphatic carbocycles. The molecule has 0 bridgehead atoms. The number of nitrogens with two attached hydrogens (primary N) is 1. The molecular weight excluding hydrogens is 286 g/mol. The maximum Gasteiger partial charge on any atom is 0.170 e. The molecule has 0 saturated carbocycles. The van der Waals surface area contributed by atoms with Crippen LogP contribution in [0.3, 0.4) is 0 Å². The van der Waals surface area contributed by atoms with Gasteiger partial charge in [-0.2, -0.15) is 0 Å². The summed E-state index contributed by atoms with van der Waals surface area (Å²) in [7, 11) is 0. The van der Waals surface area contributed by atoms with E-state index in [1.165, 1.54) is 5.56 Å². The number of halogens is 1. The molecular formula is C16H18ClN3O. The van der Waals surface area contributed by atoms with E-state index < -0.39 is 0 Å². The minimum atomic E-state index is 0.0501. The standard InChI is InChI=1S/C16H18ClN3O/c1-11(12-5-3-2-4-6-12)19-10-14-8-7-13(9-15(14)17)16(18)20-21/h2-9,11,19,21H,10H2,1H3,(H2,18,20). The molecule has 1 atom stereocenters. The Morgan fingerprint density at radius 3 is 2.62 bits per heavy atom. The second-order valence-corrected chi connectivity index (χ2v) is 5.21. The minimum absolute atomic E-state index is 0.0501. The first-order valence-corrected chi connectivity index (χ1v) is 7.04. The van der Waals surface area contributed by atoms with Crippen LogP contribution in [-0.4, -0.2) is 11.0 Å². The molecule has 0 radical (unpaired) electrons. The smallest absolute Gasteiger partial charge is 0.170 e. The Morgan fingerprint density at radius 2 is 2.00 bits per heavy atom. The van der Waals surface area contributed by atoms with Gasteiger partial charge in [0.05, 0.1) is 0 Å². The average Bonchev–Trinajstić information content (AvgIpc) is 2.53. The molecule has 0 spiro atoms. The summed E-state index contributed by atoms with van der Waals surface area (Å²) >= 11 is 6.23. The van der Waals surface area contributed by atoms with E-state index in [0.29, 0.717) is 17.1 Å². The van der Waals surface area contributed by atoms with Gasteiger partial charge in [-0.3, -0.25) is 0 Å². The van der Waals surface area contributed by atoms with E-state index in [-0.39, 0.29) is 11.9 Å². The molecule has 2 rings (SSSR count). The number of nitrogens with zero attached hydrogens (tertiary/aromatic N) is 1. The summed E-state index contributed by atoms with van der Waals surface area (Å²) in [5.41, 5.74) is 8.33. The quantitative estimate of drug-likeness (QED) is 0.343. The normalized spacial score (nSPS) is 13.1. The summed E-state index contributed by atoms with van der Waals surface area (Å²) in [4.78, 5) is 0. The van der Waals surface area contributed by atoms with Gasteiger partial charge >= 0.3 is 0 Å². The molecule has 4 nitrogen and oxygen atoms in total. The molecule has 0 saturated heterocycles. The highest BCUT2D eigenvalue weighted by Crippen LogP contribution is 2.19. The highest BCUT2D eigenvalue weighted by molar-refractivity contribution is 6.31. The molecule has 2 aromatic rings. The van der Waals surface area contributed by atoms with Crippen LogP contribution in [0.25, 0.3) is 0 Å². The molecule has 4 N–H and O–H groups in total. The van der Waals surface area contributed by atoms with E-state index in [1.54, 1.807) is 12.1 Å². The highest BCUT2D eigenvalue weighted by Gasteiger charge is 2.08. The van der Waals surface area contributed by atoms with Crippen LogP contribution in [0.1, 0.15) is 29.7 Å². The Bertz CT molecular complexity index is 629. The van der Waals surface area contributed by atoms with Crippen LogP contribution in [0.15, 0.2) is 53.7 Å². The topological polar surface area (TPSA) is 70.6 Å². The predicted molar refractivity (Wildman–Crippen MR) is 85.7 cm³/mol. The van der Waals surface area contributed by atoms with E-state index in [2.05, 4.69) is 29.5 Å². The van der Waals surface area contributed by atoms with Crippen molar-refractivity contribution in [2.75, 3.05) is 0 Å². The van der Waals surface area contributed by atoms with Gasteiger partial charge in [-0.15, -0.1) is 0 Å². The van der Waals surface area contributed by atoms with Crippen LogP contribution in [-0.2, 0) is 6.54 Å². The highest BCUT2D eigenvalue weighted by atomic mass is 35.5. The molecule has 0 aliphatic heterocycles. The van der Waals surface area contributed by atoms with E-state index in [4.69, 9.17) is 22.5 Å². The molecule has 110 valence electrons. The van der Waals surface area contributed by atoms with E-state index in [0.717, 1.165) is 5.56 Å². The summed E-state index contributed by atoms with van der Waals surface area (Å²) in [5, 5.41) is 15.6. The first kappa shape index (κ1) is 15.4. The van der Waals surface area contributed by atoms with Gasteiger partial charge < -0.3 is 16.3 Å². The molecule has 1 unspecified atom stereocenters. The van der Waals surface area contributed by atoms with Gasteiger partial charge in [-0.25, -0.2) is 0 Å². The molecule has 0 aromatic heterocycles. The van der Waals surface area contributed by atoms with E-state index in [1.807, 2.05) is 24.3 Å². The van der Waals surface area contributed by atoms with Gasteiger partial charge in [0.2, 0.25) is 0 Å². The second-order valence-electron chi connectivity index (χ2n) is 4.80. The Morgan fingerprint density at radius 1 is 1.29 bits per heavy atom. The number of amidine groups is 1. The molecule has 2 aromatic carbocycles. The monoisotopic (exact) mass is 303 g/mol. The van der Waals surface area contributed by atoms with Gasteiger partial charge in [0.1, 0.15) is 0 Å². The lowest BCUT2D eigenvalue weighted by Gasteiger charge is -2.15. The lowest BCUT2D eigenvalue weighted by atomic mass is 10.1. The van der Waals surface area contributed by atoms with Crippen molar-refractivity contribution >= 4 is 17.4 Å². The summed E-state index contributed by atoms with van der Waals surface area (Å²) in [6.07, 6.45) is 0. The maximum atomic E-state index is 8.66. The predicted octanol–water partition coefficient (Wildman–Crippen LogP) is 3.29. The third kappa shape index (κ3) is 3.97. The zero-order chi connectivity index (χ0) is 15.2. The molecule has 5 heteroatoms. The molecule has 0 aliphatic rings. The maximum absolute atomic E-state index is 8.66. The van der Waals surface area contributed by atoms with E-state index >= 15 is 0 Å². The molecule has 0 amide bonds. The lowest BCUT2D eigenvalue weighted by Crippen LogP contribution is -2.18. The Balaban J connectivity index is 2.04. The molecule has 21 heavy (non-hydrogen) atoms. The van der Waals surface area contributed by atoms with Crippen molar-refractivity contribution in [2.24, 2.45) is 10.9 Å². The van der Waals surface area contributed by atoms with Crippen molar-refractivity contribution in [3.63, 3.8) is 0 Å². The zero-order valence-corrected chi connectivity index (χ0v) is 12.5. The number of oxime groups is 1. The van der Waals surface area contributed by atoms with Crippen molar-refractivity contribution in [3.05, 3.63) is 70.2 Å². The fourth-order valence-corrected chi connectivity index (χ4v) is 2.28. The third-order valence-electron chi connectivity index (χ3n) is 3.35. The summed E-state index contributed by atoms with van der Waals surface area (Å²) in [5.74, 6) is 0.0501. The van der Waals surface area contributed by atoms with Crippen molar-refractivity contribution in [2.45, 2.75) is 19.5 Å². The fraction of sp³-hybridized carbons (Fsp3) is 0.188. The summed E-state index contributed by atoms with van der Waals surface area (Å²) < 4.78 is 0. The fourth-order valence-electron chi connectivity index (χ4n) is 2.03. The first-order valence-electron chi connectivity index (χ1n) is 6.66. The van der Waals surface area contributed by atoms with Crippen molar-refractivity contribution in [1.29, 1.82) is 0 Å². The Labute approximate surface area is 129 Å². The van der Waals surface area contributed by atoms with Gasteiger partial charge in [0.25, 0.3) is 0 Å². The number of nitrogens with one attached hydrogen (secondary N) is 1. The van der Waals surface area contributed by atoms with Crippen molar-refractivity contribution in [1.82, 2.24) is 5.32 Å². The minimum Gasteiger partial charge on any atom is -0.409 e.